The smallest absolute Gasteiger partial charge is 0.294 e. The van der Waals surface area contributed by atoms with Gasteiger partial charge < -0.3 is 14.9 Å². The van der Waals surface area contributed by atoms with Gasteiger partial charge in [0.05, 0.1) is 7.11 Å². The lowest BCUT2D eigenvalue weighted by molar-refractivity contribution is -0.0889. The van der Waals surface area contributed by atoms with E-state index in [1.54, 1.807) is 18.2 Å². The van der Waals surface area contributed by atoms with Gasteiger partial charge >= 0.3 is 0 Å². The molecule has 0 aliphatic rings. The highest BCUT2D eigenvalue weighted by Gasteiger charge is 2.42. The Hall–Kier alpha value is -2.50. The highest BCUT2D eigenvalue weighted by Crippen LogP contribution is 2.19. The van der Waals surface area contributed by atoms with Crippen LogP contribution in [-0.4, -0.2) is 34.7 Å². The fourth-order valence-corrected chi connectivity index (χ4v) is 1.84. The number of methoxy groups -OCH3 is 1. The lowest BCUT2D eigenvalue weighted by Gasteiger charge is -2.18. The molecule has 0 spiro atoms. The van der Waals surface area contributed by atoms with Crippen LogP contribution in [0.15, 0.2) is 54.6 Å². The summed E-state index contributed by atoms with van der Waals surface area (Å²) in [4.78, 5) is 24.2. The Morgan fingerprint density at radius 1 is 0.857 bits per heavy atom. The van der Waals surface area contributed by atoms with Crippen molar-refractivity contribution in [1.82, 2.24) is 0 Å². The molecule has 0 fully saturated rings. The van der Waals surface area contributed by atoms with Crippen molar-refractivity contribution in [1.29, 1.82) is 0 Å². The molecule has 0 heterocycles. The molecule has 2 aromatic rings. The zero-order valence-corrected chi connectivity index (χ0v) is 11.3. The van der Waals surface area contributed by atoms with Crippen molar-refractivity contribution in [3.05, 3.63) is 65.7 Å². The number of Topliss-reactive ketones (excluding diaryl/α,β-unsaturated/α-hetero) is 2. The van der Waals surface area contributed by atoms with Gasteiger partial charge in [-0.2, -0.15) is 0 Å². The minimum absolute atomic E-state index is 0.00470. The molecule has 108 valence electrons. The van der Waals surface area contributed by atoms with Gasteiger partial charge in [-0.05, 0) is 24.3 Å². The van der Waals surface area contributed by atoms with Gasteiger partial charge in [0.1, 0.15) is 5.75 Å². The number of carbonyl (C=O) groups is 2. The van der Waals surface area contributed by atoms with Crippen LogP contribution >= 0.6 is 0 Å². The van der Waals surface area contributed by atoms with E-state index in [2.05, 4.69) is 0 Å². The van der Waals surface area contributed by atoms with E-state index in [9.17, 15) is 19.8 Å². The van der Waals surface area contributed by atoms with Crippen LogP contribution in [0, 0.1) is 0 Å². The maximum atomic E-state index is 12.1. The Morgan fingerprint density at radius 2 is 1.33 bits per heavy atom. The number of hydrogen-bond donors (Lipinski definition) is 2. The molecule has 0 bridgehead atoms. The summed E-state index contributed by atoms with van der Waals surface area (Å²) in [5.41, 5.74) is 0.0504. The van der Waals surface area contributed by atoms with E-state index in [0.717, 1.165) is 0 Å². The topological polar surface area (TPSA) is 83.8 Å². The van der Waals surface area contributed by atoms with Crippen LogP contribution in [0.1, 0.15) is 20.7 Å². The normalized spacial score (nSPS) is 11.0. The summed E-state index contributed by atoms with van der Waals surface area (Å²) in [5, 5.41) is 19.8. The van der Waals surface area contributed by atoms with Gasteiger partial charge in [-0.15, -0.1) is 0 Å². The standard InChI is InChI=1S/C16H14O5/c1-21-13-9-7-12(8-10-13)15(18)16(19,20)14(17)11-5-3-2-4-6-11/h2-10,19-20H,1H3. The minimum Gasteiger partial charge on any atom is -0.497 e. The molecule has 2 aromatic carbocycles. The summed E-state index contributed by atoms with van der Waals surface area (Å²) in [5.74, 6) is -4.74. The largest absolute Gasteiger partial charge is 0.497 e. The molecule has 21 heavy (non-hydrogen) atoms. The molecule has 5 heteroatoms. The third-order valence-electron chi connectivity index (χ3n) is 3.02. The fraction of sp³-hybridized carbons (Fsp3) is 0.125. The number of ether oxygens (including phenoxy) is 1. The third-order valence-corrected chi connectivity index (χ3v) is 3.02. The van der Waals surface area contributed by atoms with Crippen molar-refractivity contribution < 1.29 is 24.5 Å². The molecular formula is C16H14O5. The maximum Gasteiger partial charge on any atom is 0.294 e. The first-order valence-corrected chi connectivity index (χ1v) is 6.20. The first-order chi connectivity index (χ1) is 9.96. The lowest BCUT2D eigenvalue weighted by Crippen LogP contribution is -2.46. The average Bonchev–Trinajstić information content (AvgIpc) is 2.54. The highest BCUT2D eigenvalue weighted by molar-refractivity contribution is 6.20. The Labute approximate surface area is 121 Å². The highest BCUT2D eigenvalue weighted by atomic mass is 16.5. The number of rotatable bonds is 5. The Morgan fingerprint density at radius 3 is 1.81 bits per heavy atom. The van der Waals surface area contributed by atoms with Gasteiger partial charge in [0.25, 0.3) is 5.79 Å². The Bertz CT molecular complexity index is 644. The van der Waals surface area contributed by atoms with E-state index in [0.29, 0.717) is 5.75 Å². The summed E-state index contributed by atoms with van der Waals surface area (Å²) in [6.45, 7) is 0. The van der Waals surface area contributed by atoms with Gasteiger partial charge in [-0.1, -0.05) is 30.3 Å². The van der Waals surface area contributed by atoms with E-state index in [1.807, 2.05) is 0 Å². The zero-order chi connectivity index (χ0) is 15.5. The number of ketones is 2. The summed E-state index contributed by atoms with van der Waals surface area (Å²) < 4.78 is 4.95. The molecule has 2 N–H and O–H groups in total. The van der Waals surface area contributed by atoms with E-state index < -0.39 is 17.4 Å². The van der Waals surface area contributed by atoms with Crippen molar-refractivity contribution in [2.24, 2.45) is 0 Å². The summed E-state index contributed by atoms with van der Waals surface area (Å²) in [6, 6.07) is 13.4. The fourth-order valence-electron chi connectivity index (χ4n) is 1.84. The summed E-state index contributed by atoms with van der Waals surface area (Å²) in [6.07, 6.45) is 0. The molecule has 0 aliphatic heterocycles. The van der Waals surface area contributed by atoms with Crippen LogP contribution in [0.25, 0.3) is 0 Å². The first kappa shape index (κ1) is 14.9. The third kappa shape index (κ3) is 2.99. The van der Waals surface area contributed by atoms with Crippen LogP contribution in [-0.2, 0) is 0 Å². The molecule has 0 saturated carbocycles. The molecule has 0 aromatic heterocycles. The monoisotopic (exact) mass is 286 g/mol. The summed E-state index contributed by atoms with van der Waals surface area (Å²) in [7, 11) is 1.47. The van der Waals surface area contributed by atoms with Crippen molar-refractivity contribution >= 4 is 11.6 Å². The van der Waals surface area contributed by atoms with Crippen LogP contribution in [0.2, 0.25) is 0 Å². The van der Waals surface area contributed by atoms with Gasteiger partial charge in [0.15, 0.2) is 0 Å². The second-order valence-electron chi connectivity index (χ2n) is 4.42. The van der Waals surface area contributed by atoms with Crippen molar-refractivity contribution in [3.8, 4) is 5.75 Å². The predicted octanol–water partition coefficient (Wildman–Crippen LogP) is 1.44. The number of benzene rings is 2. The zero-order valence-electron chi connectivity index (χ0n) is 11.3. The van der Waals surface area contributed by atoms with Crippen LogP contribution in [0.5, 0.6) is 5.75 Å². The molecule has 0 unspecified atom stereocenters. The van der Waals surface area contributed by atoms with Crippen LogP contribution in [0.4, 0.5) is 0 Å². The number of carbonyl (C=O) groups excluding carboxylic acids is 2. The van der Waals surface area contributed by atoms with Gasteiger partial charge in [0.2, 0.25) is 11.6 Å². The molecule has 5 nitrogen and oxygen atoms in total. The Kier molecular flexibility index (Phi) is 4.16. The summed E-state index contributed by atoms with van der Waals surface area (Å²) >= 11 is 0. The van der Waals surface area contributed by atoms with Crippen molar-refractivity contribution in [2.45, 2.75) is 5.79 Å². The first-order valence-electron chi connectivity index (χ1n) is 6.20. The van der Waals surface area contributed by atoms with Gasteiger partial charge in [-0.3, -0.25) is 9.59 Å². The van der Waals surface area contributed by atoms with Gasteiger partial charge in [0, 0.05) is 11.1 Å². The van der Waals surface area contributed by atoms with Gasteiger partial charge in [-0.25, -0.2) is 0 Å². The lowest BCUT2D eigenvalue weighted by atomic mass is 9.95. The number of aliphatic hydroxyl groups is 2. The molecule has 0 amide bonds. The van der Waals surface area contributed by atoms with Crippen LogP contribution in [0.3, 0.4) is 0 Å². The molecule has 0 saturated heterocycles. The molecule has 2 rings (SSSR count). The SMILES string of the molecule is COc1ccc(C(=O)C(O)(O)C(=O)c2ccccc2)cc1. The Balaban J connectivity index is 2.29. The average molecular weight is 286 g/mol. The molecule has 0 atom stereocenters. The van der Waals surface area contributed by atoms with E-state index >= 15 is 0 Å². The maximum absolute atomic E-state index is 12.1. The molecular weight excluding hydrogens is 272 g/mol. The van der Waals surface area contributed by atoms with Crippen molar-refractivity contribution in [2.75, 3.05) is 7.11 Å². The molecule has 0 radical (unpaired) electrons. The predicted molar refractivity (Wildman–Crippen MR) is 75.3 cm³/mol. The minimum atomic E-state index is -3.10. The molecule has 0 aliphatic carbocycles. The van der Waals surface area contributed by atoms with E-state index in [-0.39, 0.29) is 11.1 Å². The van der Waals surface area contributed by atoms with E-state index in [4.69, 9.17) is 4.74 Å². The second kappa shape index (κ2) is 5.87. The van der Waals surface area contributed by atoms with Crippen LogP contribution < -0.4 is 4.74 Å². The quantitative estimate of drug-likeness (QED) is 0.493. The second-order valence-corrected chi connectivity index (χ2v) is 4.42. The van der Waals surface area contributed by atoms with E-state index in [1.165, 1.54) is 43.5 Å². The number of hydrogen-bond acceptors (Lipinski definition) is 5. The van der Waals surface area contributed by atoms with Crippen molar-refractivity contribution in [3.63, 3.8) is 0 Å².